The number of nitrogens with zero attached hydrogens (tertiary/aromatic N) is 2. The Morgan fingerprint density at radius 3 is 2.46 bits per heavy atom. The van der Waals surface area contributed by atoms with Gasteiger partial charge in [0, 0.05) is 31.6 Å². The number of carbonyl (C=O) groups is 2. The molecule has 1 fully saturated rings. The Kier molecular flexibility index (Phi) is 6.81. The molecule has 1 saturated heterocycles. The van der Waals surface area contributed by atoms with Gasteiger partial charge in [-0.25, -0.2) is 0 Å². The Hall–Kier alpha value is -1.88. The van der Waals surface area contributed by atoms with Crippen LogP contribution < -0.4 is 5.32 Å². The van der Waals surface area contributed by atoms with Crippen molar-refractivity contribution in [1.29, 1.82) is 0 Å². The highest BCUT2D eigenvalue weighted by molar-refractivity contribution is 5.83. The average Bonchev–Trinajstić information content (AvgIpc) is 2.59. The Morgan fingerprint density at radius 2 is 1.85 bits per heavy atom. The van der Waals surface area contributed by atoms with Crippen molar-refractivity contribution < 1.29 is 9.59 Å². The van der Waals surface area contributed by atoms with Gasteiger partial charge >= 0.3 is 0 Å². The first-order valence-electron chi connectivity index (χ1n) is 9.47. The monoisotopic (exact) mass is 359 g/mol. The molecule has 26 heavy (non-hydrogen) atoms. The van der Waals surface area contributed by atoms with Gasteiger partial charge in [-0.2, -0.15) is 0 Å². The van der Waals surface area contributed by atoms with Crippen molar-refractivity contribution in [3.05, 3.63) is 35.4 Å². The quantitative estimate of drug-likeness (QED) is 0.879. The van der Waals surface area contributed by atoms with E-state index in [2.05, 4.69) is 22.3 Å². The van der Waals surface area contributed by atoms with Crippen molar-refractivity contribution >= 4 is 11.8 Å². The second-order valence-electron chi connectivity index (χ2n) is 8.56. The molecule has 1 N–H and O–H groups in total. The van der Waals surface area contributed by atoms with Crippen molar-refractivity contribution in [2.75, 3.05) is 27.2 Å². The molecule has 0 aliphatic carbocycles. The summed E-state index contributed by atoms with van der Waals surface area (Å²) in [7, 11) is 4.08. The van der Waals surface area contributed by atoms with Crippen LogP contribution in [0.4, 0.5) is 0 Å². The van der Waals surface area contributed by atoms with Gasteiger partial charge in [-0.3, -0.25) is 9.59 Å². The van der Waals surface area contributed by atoms with E-state index in [1.807, 2.05) is 51.9 Å². The van der Waals surface area contributed by atoms with Crippen molar-refractivity contribution in [3.8, 4) is 0 Å². The zero-order chi connectivity index (χ0) is 19.3. The fraction of sp³-hybridized carbons (Fsp3) is 0.619. The minimum Gasteiger partial charge on any atom is -0.352 e. The summed E-state index contributed by atoms with van der Waals surface area (Å²) in [5.74, 6) is 0.0680. The fourth-order valence-corrected chi connectivity index (χ4v) is 3.40. The summed E-state index contributed by atoms with van der Waals surface area (Å²) in [5, 5.41) is 3.09. The van der Waals surface area contributed by atoms with E-state index < -0.39 is 5.41 Å². The first-order valence-corrected chi connectivity index (χ1v) is 9.47. The van der Waals surface area contributed by atoms with Gasteiger partial charge in [-0.15, -0.1) is 0 Å². The van der Waals surface area contributed by atoms with Gasteiger partial charge in [-0.05, 0) is 38.1 Å². The molecule has 2 amide bonds. The molecule has 5 heteroatoms. The van der Waals surface area contributed by atoms with Crippen LogP contribution in [0.2, 0.25) is 0 Å². The van der Waals surface area contributed by atoms with Crippen LogP contribution in [-0.4, -0.2) is 48.8 Å². The molecular formula is C21H33N3O2. The summed E-state index contributed by atoms with van der Waals surface area (Å²) in [6.07, 6.45) is 1.73. The summed E-state index contributed by atoms with van der Waals surface area (Å²) >= 11 is 0. The van der Waals surface area contributed by atoms with Crippen LogP contribution in [0.5, 0.6) is 0 Å². The fourth-order valence-electron chi connectivity index (χ4n) is 3.40. The largest absolute Gasteiger partial charge is 0.352 e. The van der Waals surface area contributed by atoms with E-state index in [1.54, 1.807) is 0 Å². The molecule has 5 nitrogen and oxygen atoms in total. The van der Waals surface area contributed by atoms with Crippen LogP contribution in [0.3, 0.4) is 0 Å². The van der Waals surface area contributed by atoms with Crippen LogP contribution in [0.25, 0.3) is 0 Å². The second kappa shape index (κ2) is 8.67. The highest BCUT2D eigenvalue weighted by Crippen LogP contribution is 2.23. The summed E-state index contributed by atoms with van der Waals surface area (Å²) < 4.78 is 0. The van der Waals surface area contributed by atoms with Crippen molar-refractivity contribution in [2.24, 2.45) is 11.3 Å². The van der Waals surface area contributed by atoms with Gasteiger partial charge in [0.15, 0.2) is 0 Å². The number of rotatable bonds is 5. The summed E-state index contributed by atoms with van der Waals surface area (Å²) in [4.78, 5) is 29.1. The average molecular weight is 360 g/mol. The van der Waals surface area contributed by atoms with E-state index in [1.165, 1.54) is 5.56 Å². The number of nitrogens with one attached hydrogen (secondary N) is 1. The minimum absolute atomic E-state index is 0.0519. The van der Waals surface area contributed by atoms with Gasteiger partial charge in [0.25, 0.3) is 0 Å². The second-order valence-corrected chi connectivity index (χ2v) is 8.56. The van der Waals surface area contributed by atoms with Crippen LogP contribution in [0.1, 0.15) is 44.7 Å². The highest BCUT2D eigenvalue weighted by Gasteiger charge is 2.33. The molecule has 1 heterocycles. The lowest BCUT2D eigenvalue weighted by atomic mass is 9.91. The summed E-state index contributed by atoms with van der Waals surface area (Å²) in [6, 6.07) is 8.20. The van der Waals surface area contributed by atoms with E-state index in [0.29, 0.717) is 13.1 Å². The Balaban J connectivity index is 1.95. The zero-order valence-electron chi connectivity index (χ0n) is 16.8. The summed E-state index contributed by atoms with van der Waals surface area (Å²) in [6.45, 7) is 8.46. The maximum atomic E-state index is 12.7. The van der Waals surface area contributed by atoms with Gasteiger partial charge < -0.3 is 15.1 Å². The molecule has 1 aromatic carbocycles. The number of hydrogen-bond acceptors (Lipinski definition) is 3. The molecule has 144 valence electrons. The van der Waals surface area contributed by atoms with Crippen molar-refractivity contribution in [3.63, 3.8) is 0 Å². The molecule has 0 spiro atoms. The van der Waals surface area contributed by atoms with Crippen LogP contribution in [-0.2, 0) is 22.7 Å². The number of benzene rings is 1. The zero-order valence-corrected chi connectivity index (χ0v) is 16.8. The predicted octanol–water partition coefficient (Wildman–Crippen LogP) is 2.65. The topological polar surface area (TPSA) is 52.7 Å². The standard InChI is InChI=1S/C21H33N3O2/c1-21(2,3)20(26)24-12-8-11-18(15-24)19(25)22-13-16-9-6-7-10-17(16)14-23(4)5/h6-7,9-10,18H,8,11-15H2,1-5H3,(H,22,25). The molecule has 0 radical (unpaired) electrons. The molecule has 0 aromatic heterocycles. The molecule has 0 saturated carbocycles. The lowest BCUT2D eigenvalue weighted by Gasteiger charge is -2.36. The molecule has 2 rings (SSSR count). The summed E-state index contributed by atoms with van der Waals surface area (Å²) in [5.41, 5.74) is 1.97. The smallest absolute Gasteiger partial charge is 0.227 e. The van der Waals surface area contributed by atoms with Crippen molar-refractivity contribution in [1.82, 2.24) is 15.1 Å². The third-order valence-electron chi connectivity index (χ3n) is 4.78. The molecule has 1 aliphatic rings. The number of amides is 2. The first-order chi connectivity index (χ1) is 12.2. The maximum absolute atomic E-state index is 12.7. The predicted molar refractivity (Wildman–Crippen MR) is 104 cm³/mol. The van der Waals surface area contributed by atoms with E-state index in [4.69, 9.17) is 0 Å². The normalized spacial score (nSPS) is 18.1. The molecule has 1 aromatic rings. The lowest BCUT2D eigenvalue weighted by Crippen LogP contribution is -2.48. The number of piperidine rings is 1. The SMILES string of the molecule is CN(C)Cc1ccccc1CNC(=O)C1CCCN(C(=O)C(C)(C)C)C1. The highest BCUT2D eigenvalue weighted by atomic mass is 16.2. The third-order valence-corrected chi connectivity index (χ3v) is 4.78. The Bertz CT molecular complexity index is 634. The van der Waals surface area contributed by atoms with Crippen LogP contribution in [0.15, 0.2) is 24.3 Å². The maximum Gasteiger partial charge on any atom is 0.227 e. The van der Waals surface area contributed by atoms with Gasteiger partial charge in [-0.1, -0.05) is 45.0 Å². The van der Waals surface area contributed by atoms with Gasteiger partial charge in [0.1, 0.15) is 0 Å². The Morgan fingerprint density at radius 1 is 1.19 bits per heavy atom. The number of hydrogen-bond donors (Lipinski definition) is 1. The third kappa shape index (κ3) is 5.56. The first kappa shape index (κ1) is 20.4. The number of carbonyl (C=O) groups excluding carboxylic acids is 2. The van der Waals surface area contributed by atoms with E-state index in [0.717, 1.165) is 31.5 Å². The van der Waals surface area contributed by atoms with Gasteiger partial charge in [0.2, 0.25) is 11.8 Å². The van der Waals surface area contributed by atoms with Crippen molar-refractivity contribution in [2.45, 2.75) is 46.7 Å². The van der Waals surface area contributed by atoms with Crippen LogP contribution >= 0.6 is 0 Å². The molecule has 1 atom stereocenters. The van der Waals surface area contributed by atoms with Gasteiger partial charge in [0.05, 0.1) is 5.92 Å². The molecule has 1 unspecified atom stereocenters. The number of likely N-dealkylation sites (tertiary alicyclic amines) is 1. The molecular weight excluding hydrogens is 326 g/mol. The van der Waals surface area contributed by atoms with Crippen LogP contribution in [0, 0.1) is 11.3 Å². The van der Waals surface area contributed by atoms with E-state index >= 15 is 0 Å². The van der Waals surface area contributed by atoms with E-state index in [-0.39, 0.29) is 17.7 Å². The lowest BCUT2D eigenvalue weighted by molar-refractivity contribution is -0.142. The molecule has 0 bridgehead atoms. The van der Waals surface area contributed by atoms with E-state index in [9.17, 15) is 9.59 Å². The minimum atomic E-state index is -0.399. The Labute approximate surface area is 157 Å². The molecule has 1 aliphatic heterocycles.